The lowest BCUT2D eigenvalue weighted by Gasteiger charge is -2.07. The molecular weight excluding hydrogens is 212 g/mol. The maximum Gasteiger partial charge on any atom is 0.148 e. The molecule has 2 rings (SSSR count). The van der Waals surface area contributed by atoms with Gasteiger partial charge in [-0.15, -0.1) is 6.42 Å². The number of terminal acetylenes is 1. The zero-order chi connectivity index (χ0) is 11.9. The zero-order valence-electron chi connectivity index (χ0n) is 9.30. The van der Waals surface area contributed by atoms with Gasteiger partial charge in [0.1, 0.15) is 23.9 Å². The monoisotopic (exact) mass is 224 g/mol. The van der Waals surface area contributed by atoms with Crippen LogP contribution in [0.5, 0.6) is 17.2 Å². The van der Waals surface area contributed by atoms with Crippen LogP contribution in [-0.4, -0.2) is 6.61 Å². The Bertz CT molecular complexity index is 512. The summed E-state index contributed by atoms with van der Waals surface area (Å²) in [6.07, 6.45) is 5.13. The summed E-state index contributed by atoms with van der Waals surface area (Å²) in [5, 5.41) is 0. The van der Waals surface area contributed by atoms with Crippen molar-refractivity contribution >= 4 is 0 Å². The van der Waals surface area contributed by atoms with Crippen molar-refractivity contribution in [2.45, 2.75) is 0 Å². The molecule has 0 unspecified atom stereocenters. The van der Waals surface area contributed by atoms with Crippen molar-refractivity contribution in [2.24, 2.45) is 0 Å². The van der Waals surface area contributed by atoms with Crippen LogP contribution in [0.15, 0.2) is 54.6 Å². The summed E-state index contributed by atoms with van der Waals surface area (Å²) in [6, 6.07) is 17.0. The highest BCUT2D eigenvalue weighted by Crippen LogP contribution is 2.24. The second-order valence-corrected chi connectivity index (χ2v) is 3.38. The molecule has 0 atom stereocenters. The highest BCUT2D eigenvalue weighted by molar-refractivity contribution is 5.36. The van der Waals surface area contributed by atoms with Crippen molar-refractivity contribution < 1.29 is 9.47 Å². The molecule has 2 nitrogen and oxygen atoms in total. The summed E-state index contributed by atoms with van der Waals surface area (Å²) in [7, 11) is 0. The normalized spacial score (nSPS) is 9.35. The van der Waals surface area contributed by atoms with E-state index in [2.05, 4.69) is 5.92 Å². The Morgan fingerprint density at radius 1 is 0.882 bits per heavy atom. The lowest BCUT2D eigenvalue weighted by atomic mass is 10.3. The van der Waals surface area contributed by atoms with Crippen LogP contribution in [0.3, 0.4) is 0 Å². The molecule has 0 radical (unpaired) electrons. The fourth-order valence-corrected chi connectivity index (χ4v) is 1.38. The van der Waals surface area contributed by atoms with Crippen LogP contribution < -0.4 is 9.47 Å². The quantitative estimate of drug-likeness (QED) is 0.740. The molecule has 84 valence electrons. The van der Waals surface area contributed by atoms with Crippen molar-refractivity contribution in [2.75, 3.05) is 6.61 Å². The van der Waals surface area contributed by atoms with Gasteiger partial charge in [-0.25, -0.2) is 0 Å². The highest BCUT2D eigenvalue weighted by Gasteiger charge is 1.98. The molecule has 0 saturated heterocycles. The van der Waals surface area contributed by atoms with Crippen LogP contribution in [-0.2, 0) is 0 Å². The average Bonchev–Trinajstić information content (AvgIpc) is 2.38. The third kappa shape index (κ3) is 3.29. The third-order valence-electron chi connectivity index (χ3n) is 2.11. The molecule has 0 spiro atoms. The van der Waals surface area contributed by atoms with Gasteiger partial charge in [0.25, 0.3) is 0 Å². The Morgan fingerprint density at radius 2 is 1.59 bits per heavy atom. The number of rotatable bonds is 4. The van der Waals surface area contributed by atoms with Gasteiger partial charge >= 0.3 is 0 Å². The van der Waals surface area contributed by atoms with Gasteiger partial charge in [0, 0.05) is 6.07 Å². The average molecular weight is 224 g/mol. The number of hydrogen-bond acceptors (Lipinski definition) is 2. The van der Waals surface area contributed by atoms with Crippen LogP contribution in [0, 0.1) is 12.3 Å². The van der Waals surface area contributed by atoms with Crippen LogP contribution in [0.4, 0.5) is 0 Å². The first-order valence-electron chi connectivity index (χ1n) is 5.28. The first kappa shape index (κ1) is 11.1. The molecular formula is C15H12O2. The molecule has 0 fully saturated rings. The number of hydrogen-bond donors (Lipinski definition) is 0. The predicted octanol–water partition coefficient (Wildman–Crippen LogP) is 3.49. The molecule has 0 N–H and O–H groups in total. The van der Waals surface area contributed by atoms with Gasteiger partial charge in [-0.2, -0.15) is 0 Å². The van der Waals surface area contributed by atoms with Gasteiger partial charge in [-0.1, -0.05) is 30.2 Å². The first-order valence-corrected chi connectivity index (χ1v) is 5.28. The van der Waals surface area contributed by atoms with Crippen molar-refractivity contribution in [1.82, 2.24) is 0 Å². The maximum atomic E-state index is 5.67. The molecule has 2 aromatic carbocycles. The van der Waals surface area contributed by atoms with Crippen LogP contribution in [0.25, 0.3) is 0 Å². The second-order valence-electron chi connectivity index (χ2n) is 3.38. The van der Waals surface area contributed by atoms with Crippen LogP contribution in [0.1, 0.15) is 0 Å². The van der Waals surface area contributed by atoms with Crippen molar-refractivity contribution in [1.29, 1.82) is 0 Å². The van der Waals surface area contributed by atoms with E-state index in [0.717, 1.165) is 11.5 Å². The van der Waals surface area contributed by atoms with Gasteiger partial charge in [-0.05, 0) is 24.3 Å². The molecule has 0 aromatic heterocycles. The van der Waals surface area contributed by atoms with E-state index in [-0.39, 0.29) is 6.61 Å². The second kappa shape index (κ2) is 5.62. The third-order valence-corrected chi connectivity index (χ3v) is 2.11. The number of para-hydroxylation sites is 1. The van der Waals surface area contributed by atoms with Crippen molar-refractivity contribution in [3.63, 3.8) is 0 Å². The minimum Gasteiger partial charge on any atom is -0.481 e. The smallest absolute Gasteiger partial charge is 0.148 e. The van der Waals surface area contributed by atoms with Crippen molar-refractivity contribution in [3.8, 4) is 29.6 Å². The molecule has 0 saturated carbocycles. The minimum atomic E-state index is 0.259. The standard InChI is InChI=1S/C15H12O2/c1-2-11-16-14-9-6-10-15(12-14)17-13-7-4-3-5-8-13/h1,3-10,12H,11H2. The Hall–Kier alpha value is -2.40. The fourth-order valence-electron chi connectivity index (χ4n) is 1.38. The van der Waals surface area contributed by atoms with Crippen LogP contribution >= 0.6 is 0 Å². The highest BCUT2D eigenvalue weighted by atomic mass is 16.5. The largest absolute Gasteiger partial charge is 0.481 e. The van der Waals surface area contributed by atoms with E-state index in [1.807, 2.05) is 54.6 Å². The zero-order valence-corrected chi connectivity index (χ0v) is 9.30. The summed E-state index contributed by atoms with van der Waals surface area (Å²) in [4.78, 5) is 0. The molecule has 0 aliphatic carbocycles. The molecule has 0 bridgehead atoms. The Morgan fingerprint density at radius 3 is 2.35 bits per heavy atom. The van der Waals surface area contributed by atoms with E-state index in [4.69, 9.17) is 15.9 Å². The van der Waals surface area contributed by atoms with Gasteiger partial charge < -0.3 is 9.47 Å². The molecule has 17 heavy (non-hydrogen) atoms. The molecule has 2 aromatic rings. The van der Waals surface area contributed by atoms with Gasteiger partial charge in [-0.3, -0.25) is 0 Å². The van der Waals surface area contributed by atoms with E-state index in [9.17, 15) is 0 Å². The van der Waals surface area contributed by atoms with E-state index < -0.39 is 0 Å². The summed E-state index contributed by atoms with van der Waals surface area (Å²) < 4.78 is 11.0. The Kier molecular flexibility index (Phi) is 3.67. The van der Waals surface area contributed by atoms with Crippen molar-refractivity contribution in [3.05, 3.63) is 54.6 Å². The molecule has 2 heteroatoms. The predicted molar refractivity (Wildman–Crippen MR) is 67.3 cm³/mol. The fraction of sp³-hybridized carbons (Fsp3) is 0.0667. The maximum absolute atomic E-state index is 5.67. The van der Waals surface area contributed by atoms with Gasteiger partial charge in [0.05, 0.1) is 0 Å². The van der Waals surface area contributed by atoms with Crippen LogP contribution in [0.2, 0.25) is 0 Å². The molecule has 0 heterocycles. The van der Waals surface area contributed by atoms with E-state index in [1.54, 1.807) is 0 Å². The lowest BCUT2D eigenvalue weighted by Crippen LogP contribution is -1.93. The van der Waals surface area contributed by atoms with E-state index in [1.165, 1.54) is 0 Å². The van der Waals surface area contributed by atoms with Gasteiger partial charge in [0.15, 0.2) is 0 Å². The number of benzene rings is 2. The number of ether oxygens (including phenoxy) is 2. The minimum absolute atomic E-state index is 0.259. The Balaban J connectivity index is 2.09. The summed E-state index contributed by atoms with van der Waals surface area (Å²) in [5.41, 5.74) is 0. The molecule has 0 aliphatic heterocycles. The first-order chi connectivity index (χ1) is 8.38. The molecule has 0 aliphatic rings. The summed E-state index contributed by atoms with van der Waals surface area (Å²) >= 11 is 0. The summed E-state index contributed by atoms with van der Waals surface area (Å²) in [6.45, 7) is 0.259. The van der Waals surface area contributed by atoms with Gasteiger partial charge in [0.2, 0.25) is 0 Å². The van der Waals surface area contributed by atoms with E-state index in [0.29, 0.717) is 5.75 Å². The topological polar surface area (TPSA) is 18.5 Å². The SMILES string of the molecule is C#CCOc1cccc(Oc2ccccc2)c1. The van der Waals surface area contributed by atoms with E-state index >= 15 is 0 Å². The Labute approximate surface area is 101 Å². The lowest BCUT2D eigenvalue weighted by molar-refractivity contribution is 0.367. The molecule has 0 amide bonds. The summed E-state index contributed by atoms with van der Waals surface area (Å²) in [5.74, 6) is 4.65.